The molecule has 2 rings (SSSR count). The third-order valence-corrected chi connectivity index (χ3v) is 5.01. The minimum atomic E-state index is -0.562. The average molecular weight is 492 g/mol. The van der Waals surface area contributed by atoms with Crippen LogP contribution in [0.4, 0.5) is 9.18 Å². The number of carbonyl (C=O) groups is 3. The molecular formula is C25H34FN3O6. The molecule has 0 aliphatic carbocycles. The number of halogens is 1. The lowest BCUT2D eigenvalue weighted by molar-refractivity contribution is -0.141. The van der Waals surface area contributed by atoms with E-state index < -0.39 is 12.0 Å². The minimum Gasteiger partial charge on any atom is -0.465 e. The largest absolute Gasteiger partial charge is 0.465 e. The van der Waals surface area contributed by atoms with E-state index in [0.29, 0.717) is 31.2 Å². The Morgan fingerprint density at radius 2 is 1.74 bits per heavy atom. The van der Waals surface area contributed by atoms with Crippen molar-refractivity contribution >= 4 is 17.9 Å². The highest BCUT2D eigenvalue weighted by Crippen LogP contribution is 2.14. The van der Waals surface area contributed by atoms with Gasteiger partial charge in [-0.2, -0.15) is 0 Å². The van der Waals surface area contributed by atoms with Crippen molar-refractivity contribution in [3.8, 4) is 0 Å². The summed E-state index contributed by atoms with van der Waals surface area (Å²) < 4.78 is 29.2. The SMILES string of the molecule is CCOCCCN(CC(=O)N(Cc1ccc(F)cc1)Cc1ccc(C)o1)C(=O)NCC(=O)OCC. The number of esters is 1. The summed E-state index contributed by atoms with van der Waals surface area (Å²) in [6.45, 7) is 6.65. The Morgan fingerprint density at radius 3 is 2.37 bits per heavy atom. The van der Waals surface area contributed by atoms with Gasteiger partial charge in [0, 0.05) is 26.3 Å². The monoisotopic (exact) mass is 491 g/mol. The Labute approximate surface area is 205 Å². The lowest BCUT2D eigenvalue weighted by atomic mass is 10.2. The quantitative estimate of drug-likeness (QED) is 0.322. The molecule has 192 valence electrons. The smallest absolute Gasteiger partial charge is 0.325 e. The molecular weight excluding hydrogens is 457 g/mol. The molecule has 9 nitrogen and oxygen atoms in total. The topological polar surface area (TPSA) is 101 Å². The molecule has 0 radical (unpaired) electrons. The first-order valence-electron chi connectivity index (χ1n) is 11.7. The Morgan fingerprint density at radius 1 is 1.00 bits per heavy atom. The number of furan rings is 1. The van der Waals surface area contributed by atoms with Crippen LogP contribution in [-0.2, 0) is 32.2 Å². The van der Waals surface area contributed by atoms with Crippen molar-refractivity contribution in [3.05, 3.63) is 59.3 Å². The van der Waals surface area contributed by atoms with Gasteiger partial charge in [0.25, 0.3) is 0 Å². The Bertz CT molecular complexity index is 947. The molecule has 0 fully saturated rings. The van der Waals surface area contributed by atoms with Crippen LogP contribution in [0.2, 0.25) is 0 Å². The zero-order valence-electron chi connectivity index (χ0n) is 20.5. The predicted octanol–water partition coefficient (Wildman–Crippen LogP) is 3.26. The van der Waals surface area contributed by atoms with Crippen LogP contribution in [0.5, 0.6) is 0 Å². The number of benzene rings is 1. The maximum absolute atomic E-state index is 13.4. The number of ether oxygens (including phenoxy) is 2. The molecule has 0 unspecified atom stereocenters. The summed E-state index contributed by atoms with van der Waals surface area (Å²) in [5.41, 5.74) is 0.734. The van der Waals surface area contributed by atoms with Crippen molar-refractivity contribution < 1.29 is 32.7 Å². The van der Waals surface area contributed by atoms with E-state index in [0.717, 1.165) is 5.56 Å². The molecule has 1 aromatic heterocycles. The lowest BCUT2D eigenvalue weighted by Gasteiger charge is -2.27. The maximum atomic E-state index is 13.4. The summed E-state index contributed by atoms with van der Waals surface area (Å²) in [4.78, 5) is 40.6. The molecule has 10 heteroatoms. The molecule has 1 heterocycles. The number of nitrogens with one attached hydrogen (secondary N) is 1. The van der Waals surface area contributed by atoms with E-state index >= 15 is 0 Å². The Balaban J connectivity index is 2.13. The summed E-state index contributed by atoms with van der Waals surface area (Å²) in [5, 5.41) is 2.50. The van der Waals surface area contributed by atoms with Gasteiger partial charge in [-0.1, -0.05) is 12.1 Å². The molecule has 0 spiro atoms. The van der Waals surface area contributed by atoms with Crippen molar-refractivity contribution in [1.82, 2.24) is 15.1 Å². The fourth-order valence-corrected chi connectivity index (χ4v) is 3.29. The van der Waals surface area contributed by atoms with Gasteiger partial charge in [-0.05, 0) is 57.0 Å². The fourth-order valence-electron chi connectivity index (χ4n) is 3.29. The van der Waals surface area contributed by atoms with Crippen LogP contribution in [0.1, 0.15) is 37.4 Å². The number of hydrogen-bond acceptors (Lipinski definition) is 6. The van der Waals surface area contributed by atoms with E-state index in [9.17, 15) is 18.8 Å². The highest BCUT2D eigenvalue weighted by atomic mass is 19.1. The minimum absolute atomic E-state index is 0.182. The fraction of sp³-hybridized carbons (Fsp3) is 0.480. The van der Waals surface area contributed by atoms with Crippen molar-refractivity contribution in [2.45, 2.75) is 40.3 Å². The number of aryl methyl sites for hydroxylation is 1. The molecule has 35 heavy (non-hydrogen) atoms. The van der Waals surface area contributed by atoms with Gasteiger partial charge in [0.2, 0.25) is 5.91 Å². The lowest BCUT2D eigenvalue weighted by Crippen LogP contribution is -2.48. The first-order valence-corrected chi connectivity index (χ1v) is 11.7. The van der Waals surface area contributed by atoms with Gasteiger partial charge >= 0.3 is 12.0 Å². The summed E-state index contributed by atoms with van der Waals surface area (Å²) in [6, 6.07) is 8.91. The Kier molecular flexibility index (Phi) is 11.8. The number of carbonyl (C=O) groups excluding carboxylic acids is 3. The van der Waals surface area contributed by atoms with E-state index in [1.165, 1.54) is 17.0 Å². The zero-order chi connectivity index (χ0) is 25.6. The van der Waals surface area contributed by atoms with E-state index in [1.807, 2.05) is 13.8 Å². The third kappa shape index (κ3) is 10.2. The zero-order valence-corrected chi connectivity index (χ0v) is 20.5. The summed E-state index contributed by atoms with van der Waals surface area (Å²) in [7, 11) is 0. The molecule has 0 saturated heterocycles. The van der Waals surface area contributed by atoms with E-state index in [-0.39, 0.29) is 51.1 Å². The van der Waals surface area contributed by atoms with Gasteiger partial charge in [0.05, 0.1) is 13.2 Å². The number of hydrogen-bond donors (Lipinski definition) is 1. The van der Waals surface area contributed by atoms with Gasteiger partial charge in [0.15, 0.2) is 0 Å². The van der Waals surface area contributed by atoms with Crippen molar-refractivity contribution in [2.24, 2.45) is 0 Å². The first kappa shape index (κ1) is 27.8. The van der Waals surface area contributed by atoms with Crippen LogP contribution >= 0.6 is 0 Å². The van der Waals surface area contributed by atoms with Gasteiger partial charge in [-0.25, -0.2) is 9.18 Å². The van der Waals surface area contributed by atoms with Crippen LogP contribution in [-0.4, -0.2) is 67.2 Å². The molecule has 1 N–H and O–H groups in total. The molecule has 0 aliphatic heterocycles. The second-order valence-electron chi connectivity index (χ2n) is 7.82. The Hall–Kier alpha value is -3.40. The van der Waals surface area contributed by atoms with Gasteiger partial charge in [0.1, 0.15) is 30.4 Å². The number of amides is 3. The summed E-state index contributed by atoms with van der Waals surface area (Å²) >= 11 is 0. The van der Waals surface area contributed by atoms with Gasteiger partial charge in [-0.3, -0.25) is 9.59 Å². The molecule has 1 aromatic carbocycles. The van der Waals surface area contributed by atoms with Crippen molar-refractivity contribution in [2.75, 3.05) is 39.5 Å². The third-order valence-electron chi connectivity index (χ3n) is 5.01. The van der Waals surface area contributed by atoms with Crippen LogP contribution in [0.25, 0.3) is 0 Å². The number of nitrogens with zero attached hydrogens (tertiary/aromatic N) is 2. The maximum Gasteiger partial charge on any atom is 0.325 e. The second kappa shape index (κ2) is 14.8. The molecule has 0 aliphatic rings. The van der Waals surface area contributed by atoms with E-state index in [2.05, 4.69) is 5.32 Å². The summed E-state index contributed by atoms with van der Waals surface area (Å²) in [5.74, 6) is 0.0448. The highest BCUT2D eigenvalue weighted by Gasteiger charge is 2.23. The normalized spacial score (nSPS) is 10.6. The van der Waals surface area contributed by atoms with E-state index in [1.54, 1.807) is 36.1 Å². The average Bonchev–Trinajstić information content (AvgIpc) is 3.25. The molecule has 3 amide bonds. The highest BCUT2D eigenvalue weighted by molar-refractivity contribution is 5.86. The molecule has 0 bridgehead atoms. The number of rotatable bonds is 14. The van der Waals surface area contributed by atoms with Crippen molar-refractivity contribution in [3.63, 3.8) is 0 Å². The number of urea groups is 1. The van der Waals surface area contributed by atoms with Gasteiger partial charge < -0.3 is 29.0 Å². The van der Waals surface area contributed by atoms with E-state index in [4.69, 9.17) is 13.9 Å². The molecule has 0 saturated carbocycles. The summed E-state index contributed by atoms with van der Waals surface area (Å²) in [6.07, 6.45) is 0.517. The van der Waals surface area contributed by atoms with Crippen molar-refractivity contribution in [1.29, 1.82) is 0 Å². The molecule has 0 atom stereocenters. The first-order chi connectivity index (χ1) is 16.8. The van der Waals surface area contributed by atoms with Gasteiger partial charge in [-0.15, -0.1) is 0 Å². The van der Waals surface area contributed by atoms with Crippen LogP contribution < -0.4 is 5.32 Å². The van der Waals surface area contributed by atoms with Crippen LogP contribution in [0.3, 0.4) is 0 Å². The van der Waals surface area contributed by atoms with Crippen LogP contribution in [0.15, 0.2) is 40.8 Å². The standard InChI is InChI=1S/C25H34FN3O6/c1-4-33-14-6-13-28(25(32)27-15-24(31)34-5-2)18-23(30)29(17-22-12-7-19(3)35-22)16-20-8-10-21(26)11-9-20/h7-12H,4-6,13-18H2,1-3H3,(H,27,32). The van der Waals surface area contributed by atoms with Crippen LogP contribution in [0, 0.1) is 12.7 Å². The predicted molar refractivity (Wildman–Crippen MR) is 127 cm³/mol. The molecule has 2 aromatic rings. The second-order valence-corrected chi connectivity index (χ2v) is 7.82.